The Morgan fingerprint density at radius 1 is 1.26 bits per heavy atom. The van der Waals surface area contributed by atoms with Gasteiger partial charge < -0.3 is 5.32 Å². The Morgan fingerprint density at radius 2 is 2.04 bits per heavy atom. The summed E-state index contributed by atoms with van der Waals surface area (Å²) in [6.45, 7) is 2.04. The molecule has 3 nitrogen and oxygen atoms in total. The molecule has 23 heavy (non-hydrogen) atoms. The van der Waals surface area contributed by atoms with E-state index in [4.69, 9.17) is 11.6 Å². The third kappa shape index (κ3) is 5.34. The number of rotatable bonds is 8. The molecule has 0 radical (unpaired) electrons. The molecule has 122 valence electrons. The number of hydrogen-bond acceptors (Lipinski definition) is 3. The lowest BCUT2D eigenvalue weighted by atomic mass is 10.1. The summed E-state index contributed by atoms with van der Waals surface area (Å²) in [4.78, 5) is 15.8. The van der Waals surface area contributed by atoms with E-state index in [0.29, 0.717) is 19.1 Å². The largest absolute Gasteiger partial charge is 0.355 e. The summed E-state index contributed by atoms with van der Waals surface area (Å²) in [6.07, 6.45) is 3.25. The van der Waals surface area contributed by atoms with Crippen LogP contribution in [0.4, 0.5) is 0 Å². The number of nitrogens with zero attached hydrogens (tertiary/aromatic N) is 1. The maximum absolute atomic E-state index is 12.2. The summed E-state index contributed by atoms with van der Waals surface area (Å²) in [6, 6.07) is 12.6. The van der Waals surface area contributed by atoms with Crippen molar-refractivity contribution < 1.29 is 4.79 Å². The normalized spacial score (nSPS) is 14.2. The van der Waals surface area contributed by atoms with Crippen LogP contribution in [-0.4, -0.2) is 29.9 Å². The van der Waals surface area contributed by atoms with Crippen molar-refractivity contribution in [2.45, 2.75) is 31.8 Å². The molecule has 1 fully saturated rings. The first kappa shape index (κ1) is 16.5. The zero-order chi connectivity index (χ0) is 16.1. The van der Waals surface area contributed by atoms with Crippen LogP contribution >= 0.6 is 22.9 Å². The summed E-state index contributed by atoms with van der Waals surface area (Å²) in [7, 11) is 0. The molecule has 1 aliphatic carbocycles. The molecule has 1 saturated carbocycles. The first-order valence-electron chi connectivity index (χ1n) is 7.98. The summed E-state index contributed by atoms with van der Waals surface area (Å²) in [5, 5.41) is 5.86. The molecular weight excluding hydrogens is 328 g/mol. The first-order chi connectivity index (χ1) is 11.2. The van der Waals surface area contributed by atoms with E-state index in [-0.39, 0.29) is 5.91 Å². The highest BCUT2D eigenvalue weighted by Crippen LogP contribution is 2.28. The lowest BCUT2D eigenvalue weighted by Crippen LogP contribution is -2.38. The number of carbonyl (C=O) groups excluding carboxylic acids is 1. The van der Waals surface area contributed by atoms with Gasteiger partial charge in [-0.05, 0) is 48.4 Å². The Hall–Kier alpha value is -1.36. The number of halogens is 1. The Balaban J connectivity index is 1.43. The third-order valence-electron chi connectivity index (χ3n) is 4.00. The molecule has 1 N–H and O–H groups in total. The van der Waals surface area contributed by atoms with Crippen molar-refractivity contribution in [3.8, 4) is 0 Å². The fourth-order valence-corrected chi connectivity index (χ4v) is 3.45. The van der Waals surface area contributed by atoms with Crippen LogP contribution < -0.4 is 5.32 Å². The SMILES string of the molecule is O=C(CN(Cc1cccs1)C1CC1)NCCc1ccc(Cl)cc1. The molecule has 0 spiro atoms. The van der Waals surface area contributed by atoms with Gasteiger partial charge in [0, 0.05) is 29.0 Å². The average Bonchev–Trinajstić information content (AvgIpc) is 3.27. The fourth-order valence-electron chi connectivity index (χ4n) is 2.59. The van der Waals surface area contributed by atoms with Crippen LogP contribution in [0, 0.1) is 0 Å². The fraction of sp³-hybridized carbons (Fsp3) is 0.389. The van der Waals surface area contributed by atoms with Gasteiger partial charge in [0.05, 0.1) is 6.54 Å². The molecule has 1 aromatic carbocycles. The predicted molar refractivity (Wildman–Crippen MR) is 95.9 cm³/mol. The molecule has 0 atom stereocenters. The monoisotopic (exact) mass is 348 g/mol. The van der Waals surface area contributed by atoms with Crippen LogP contribution in [0.25, 0.3) is 0 Å². The molecule has 0 aliphatic heterocycles. The van der Waals surface area contributed by atoms with Crippen molar-refractivity contribution in [3.05, 3.63) is 57.2 Å². The smallest absolute Gasteiger partial charge is 0.234 e. The zero-order valence-corrected chi connectivity index (χ0v) is 14.6. The second-order valence-electron chi connectivity index (χ2n) is 5.94. The molecule has 1 amide bonds. The van der Waals surface area contributed by atoms with Gasteiger partial charge in [-0.2, -0.15) is 0 Å². The van der Waals surface area contributed by atoms with Gasteiger partial charge in [-0.1, -0.05) is 29.8 Å². The number of carbonyl (C=O) groups is 1. The highest BCUT2D eigenvalue weighted by atomic mass is 35.5. The van der Waals surface area contributed by atoms with Gasteiger partial charge in [0.15, 0.2) is 0 Å². The molecular formula is C18H21ClN2OS. The number of hydrogen-bond donors (Lipinski definition) is 1. The minimum atomic E-state index is 0.113. The van der Waals surface area contributed by atoms with Gasteiger partial charge in [-0.15, -0.1) is 11.3 Å². The molecule has 2 aromatic rings. The molecule has 0 unspecified atom stereocenters. The Labute approximate surface area is 146 Å². The second kappa shape index (κ2) is 7.95. The topological polar surface area (TPSA) is 32.3 Å². The number of nitrogens with one attached hydrogen (secondary N) is 1. The number of amides is 1. The molecule has 3 rings (SSSR count). The van der Waals surface area contributed by atoms with E-state index in [9.17, 15) is 4.79 Å². The lowest BCUT2D eigenvalue weighted by Gasteiger charge is -2.20. The van der Waals surface area contributed by atoms with E-state index in [1.54, 1.807) is 11.3 Å². The average molecular weight is 349 g/mol. The molecule has 5 heteroatoms. The van der Waals surface area contributed by atoms with E-state index < -0.39 is 0 Å². The first-order valence-corrected chi connectivity index (χ1v) is 9.24. The summed E-state index contributed by atoms with van der Waals surface area (Å²) >= 11 is 7.63. The summed E-state index contributed by atoms with van der Waals surface area (Å²) in [5.41, 5.74) is 1.19. The van der Waals surface area contributed by atoms with Crippen molar-refractivity contribution in [2.75, 3.05) is 13.1 Å². The molecule has 1 aliphatic rings. The van der Waals surface area contributed by atoms with E-state index >= 15 is 0 Å². The maximum Gasteiger partial charge on any atom is 0.234 e. The molecule has 0 saturated heterocycles. The van der Waals surface area contributed by atoms with Crippen LogP contribution in [0.5, 0.6) is 0 Å². The second-order valence-corrected chi connectivity index (χ2v) is 7.41. The highest BCUT2D eigenvalue weighted by Gasteiger charge is 2.30. The Kier molecular flexibility index (Phi) is 5.70. The number of benzene rings is 1. The number of thiophene rings is 1. The van der Waals surface area contributed by atoms with Gasteiger partial charge in [-0.25, -0.2) is 0 Å². The van der Waals surface area contributed by atoms with E-state index in [2.05, 4.69) is 27.7 Å². The van der Waals surface area contributed by atoms with Crippen molar-refractivity contribution in [2.24, 2.45) is 0 Å². The minimum absolute atomic E-state index is 0.113. The standard InChI is InChI=1S/C18H21ClN2OS/c19-15-5-3-14(4-6-15)9-10-20-18(22)13-21(16-7-8-16)12-17-2-1-11-23-17/h1-6,11,16H,7-10,12-13H2,(H,20,22). The van der Waals surface area contributed by atoms with Crippen LogP contribution in [0.2, 0.25) is 5.02 Å². The zero-order valence-electron chi connectivity index (χ0n) is 13.0. The highest BCUT2D eigenvalue weighted by molar-refractivity contribution is 7.09. The van der Waals surface area contributed by atoms with E-state index in [0.717, 1.165) is 18.0 Å². The Morgan fingerprint density at radius 3 is 2.70 bits per heavy atom. The van der Waals surface area contributed by atoms with E-state index in [1.807, 2.05) is 24.3 Å². The molecule has 0 bridgehead atoms. The van der Waals surface area contributed by atoms with Crippen LogP contribution in [-0.2, 0) is 17.8 Å². The van der Waals surface area contributed by atoms with Crippen molar-refractivity contribution in [1.82, 2.24) is 10.2 Å². The predicted octanol–water partition coefficient (Wildman–Crippen LogP) is 3.72. The van der Waals surface area contributed by atoms with Crippen LogP contribution in [0.15, 0.2) is 41.8 Å². The maximum atomic E-state index is 12.2. The summed E-state index contributed by atoms with van der Waals surface area (Å²) in [5.74, 6) is 0.113. The van der Waals surface area contributed by atoms with Gasteiger partial charge >= 0.3 is 0 Å². The van der Waals surface area contributed by atoms with Crippen molar-refractivity contribution in [1.29, 1.82) is 0 Å². The van der Waals surface area contributed by atoms with Crippen LogP contribution in [0.3, 0.4) is 0 Å². The van der Waals surface area contributed by atoms with E-state index in [1.165, 1.54) is 23.3 Å². The summed E-state index contributed by atoms with van der Waals surface area (Å²) < 4.78 is 0. The molecule has 1 heterocycles. The minimum Gasteiger partial charge on any atom is -0.355 e. The molecule has 1 aromatic heterocycles. The van der Waals surface area contributed by atoms with Crippen molar-refractivity contribution >= 4 is 28.8 Å². The van der Waals surface area contributed by atoms with Crippen LogP contribution in [0.1, 0.15) is 23.3 Å². The van der Waals surface area contributed by atoms with Gasteiger partial charge in [0.25, 0.3) is 0 Å². The Bertz CT molecular complexity index is 623. The van der Waals surface area contributed by atoms with Crippen molar-refractivity contribution in [3.63, 3.8) is 0 Å². The lowest BCUT2D eigenvalue weighted by molar-refractivity contribution is -0.122. The van der Waals surface area contributed by atoms with Gasteiger partial charge in [0.2, 0.25) is 5.91 Å². The van der Waals surface area contributed by atoms with Gasteiger partial charge in [0.1, 0.15) is 0 Å². The quantitative estimate of drug-likeness (QED) is 0.788. The third-order valence-corrected chi connectivity index (χ3v) is 5.11. The van der Waals surface area contributed by atoms with Gasteiger partial charge in [-0.3, -0.25) is 9.69 Å².